The Kier molecular flexibility index (Phi) is 2.10. The van der Waals surface area contributed by atoms with E-state index in [1.807, 2.05) is 0 Å². The van der Waals surface area contributed by atoms with Gasteiger partial charge in [-0.05, 0) is 36.1 Å². The molecule has 0 saturated carbocycles. The van der Waals surface area contributed by atoms with Crippen LogP contribution in [0.1, 0.15) is 30.9 Å². The Morgan fingerprint density at radius 3 is 2.57 bits per heavy atom. The fraction of sp³-hybridized carbons (Fsp3) is 0.385. The Morgan fingerprint density at radius 2 is 1.93 bits per heavy atom. The molecule has 0 unspecified atom stereocenters. The minimum Gasteiger partial charge on any atom is -0.350 e. The van der Waals surface area contributed by atoms with Gasteiger partial charge in [0.2, 0.25) is 0 Å². The molecule has 2 rings (SSSR count). The molecular formula is C13H17N. The number of benzene rings is 1. The van der Waals surface area contributed by atoms with Gasteiger partial charge >= 0.3 is 0 Å². The molecule has 0 fully saturated rings. The molecule has 0 amide bonds. The highest BCUT2D eigenvalue weighted by Gasteiger charge is 2.05. The van der Waals surface area contributed by atoms with Gasteiger partial charge in [-0.15, -0.1) is 0 Å². The van der Waals surface area contributed by atoms with E-state index in [-0.39, 0.29) is 0 Å². The van der Waals surface area contributed by atoms with Gasteiger partial charge in [0, 0.05) is 24.1 Å². The number of hydrogen-bond acceptors (Lipinski definition) is 0. The molecule has 0 saturated heterocycles. The second kappa shape index (κ2) is 3.16. The summed E-state index contributed by atoms with van der Waals surface area (Å²) in [5, 5.41) is 1.39. The Balaban J connectivity index is 2.71. The van der Waals surface area contributed by atoms with E-state index in [0.717, 1.165) is 0 Å². The molecular weight excluding hydrogens is 170 g/mol. The fourth-order valence-electron chi connectivity index (χ4n) is 1.97. The molecule has 14 heavy (non-hydrogen) atoms. The Morgan fingerprint density at radius 1 is 1.21 bits per heavy atom. The van der Waals surface area contributed by atoms with Crippen LogP contribution in [0.4, 0.5) is 0 Å². The quantitative estimate of drug-likeness (QED) is 0.642. The molecule has 74 valence electrons. The third kappa shape index (κ3) is 1.33. The summed E-state index contributed by atoms with van der Waals surface area (Å²) >= 11 is 0. The predicted molar refractivity (Wildman–Crippen MR) is 61.7 cm³/mol. The number of nitrogens with zero attached hydrogens (tertiary/aromatic N) is 1. The minimum atomic E-state index is 0.610. The molecule has 1 aromatic heterocycles. The zero-order valence-electron chi connectivity index (χ0n) is 9.33. The monoisotopic (exact) mass is 187 g/mol. The van der Waals surface area contributed by atoms with Crippen molar-refractivity contribution in [1.29, 1.82) is 0 Å². The Labute approximate surface area is 85.4 Å². The van der Waals surface area contributed by atoms with Crippen LogP contribution >= 0.6 is 0 Å². The number of rotatable bonds is 1. The maximum absolute atomic E-state index is 2.31. The van der Waals surface area contributed by atoms with Gasteiger partial charge in [0.05, 0.1) is 0 Å². The SMILES string of the molecule is Cc1cn(C)c2ccc(C(C)C)cc12. The fourth-order valence-corrected chi connectivity index (χ4v) is 1.97. The molecule has 0 aliphatic rings. The van der Waals surface area contributed by atoms with Crippen molar-refractivity contribution < 1.29 is 0 Å². The van der Waals surface area contributed by atoms with Gasteiger partial charge in [0.25, 0.3) is 0 Å². The third-order valence-electron chi connectivity index (χ3n) is 2.88. The van der Waals surface area contributed by atoms with Gasteiger partial charge in [-0.1, -0.05) is 19.9 Å². The van der Waals surface area contributed by atoms with Crippen molar-refractivity contribution in [2.75, 3.05) is 0 Å². The first kappa shape index (κ1) is 9.32. The van der Waals surface area contributed by atoms with Crippen LogP contribution in [0.5, 0.6) is 0 Å². The normalized spacial score (nSPS) is 11.5. The minimum absolute atomic E-state index is 0.610. The topological polar surface area (TPSA) is 4.93 Å². The summed E-state index contributed by atoms with van der Waals surface area (Å²) in [5.74, 6) is 0.610. The molecule has 2 aromatic rings. The van der Waals surface area contributed by atoms with Crippen molar-refractivity contribution >= 4 is 10.9 Å². The zero-order chi connectivity index (χ0) is 10.3. The van der Waals surface area contributed by atoms with Crippen LogP contribution in [0.2, 0.25) is 0 Å². The average Bonchev–Trinajstić information content (AvgIpc) is 2.42. The molecule has 0 atom stereocenters. The summed E-state index contributed by atoms with van der Waals surface area (Å²) in [7, 11) is 2.10. The van der Waals surface area contributed by atoms with Gasteiger partial charge in [-0.3, -0.25) is 0 Å². The lowest BCUT2D eigenvalue weighted by atomic mass is 10.0. The van der Waals surface area contributed by atoms with Crippen LogP contribution in [-0.4, -0.2) is 4.57 Å². The Bertz CT molecular complexity index is 463. The highest BCUT2D eigenvalue weighted by Crippen LogP contribution is 2.24. The number of aryl methyl sites for hydroxylation is 2. The highest BCUT2D eigenvalue weighted by molar-refractivity contribution is 5.84. The molecule has 0 aliphatic heterocycles. The highest BCUT2D eigenvalue weighted by atomic mass is 14.9. The standard InChI is InChI=1S/C13H17N/c1-9(2)11-5-6-13-12(7-11)10(3)8-14(13)4/h5-9H,1-4H3. The molecule has 0 N–H and O–H groups in total. The van der Waals surface area contributed by atoms with E-state index in [4.69, 9.17) is 0 Å². The van der Waals surface area contributed by atoms with Crippen molar-refractivity contribution in [3.05, 3.63) is 35.5 Å². The van der Waals surface area contributed by atoms with Crippen molar-refractivity contribution in [3.8, 4) is 0 Å². The van der Waals surface area contributed by atoms with E-state index < -0.39 is 0 Å². The van der Waals surface area contributed by atoms with Gasteiger partial charge < -0.3 is 4.57 Å². The molecule has 0 bridgehead atoms. The first-order valence-electron chi connectivity index (χ1n) is 5.15. The predicted octanol–water partition coefficient (Wildman–Crippen LogP) is 3.61. The van der Waals surface area contributed by atoms with Gasteiger partial charge in [0.15, 0.2) is 0 Å². The van der Waals surface area contributed by atoms with Gasteiger partial charge in [-0.25, -0.2) is 0 Å². The summed E-state index contributed by atoms with van der Waals surface area (Å²) in [5.41, 5.74) is 4.11. The summed E-state index contributed by atoms with van der Waals surface area (Å²) in [6.07, 6.45) is 2.19. The lowest BCUT2D eigenvalue weighted by Gasteiger charge is -2.05. The zero-order valence-corrected chi connectivity index (χ0v) is 9.33. The van der Waals surface area contributed by atoms with Crippen LogP contribution < -0.4 is 0 Å². The first-order chi connectivity index (χ1) is 6.59. The largest absolute Gasteiger partial charge is 0.350 e. The Hall–Kier alpha value is -1.24. The van der Waals surface area contributed by atoms with E-state index in [2.05, 4.69) is 56.8 Å². The van der Waals surface area contributed by atoms with Gasteiger partial charge in [-0.2, -0.15) is 0 Å². The van der Waals surface area contributed by atoms with Gasteiger partial charge in [0.1, 0.15) is 0 Å². The molecule has 0 radical (unpaired) electrons. The van der Waals surface area contributed by atoms with Crippen LogP contribution in [0.25, 0.3) is 10.9 Å². The van der Waals surface area contributed by atoms with E-state index in [0.29, 0.717) is 5.92 Å². The molecule has 0 spiro atoms. The first-order valence-corrected chi connectivity index (χ1v) is 5.15. The average molecular weight is 187 g/mol. The van der Waals surface area contributed by atoms with Crippen LogP contribution in [0, 0.1) is 6.92 Å². The second-order valence-electron chi connectivity index (χ2n) is 4.35. The van der Waals surface area contributed by atoms with E-state index in [1.165, 1.54) is 22.0 Å². The van der Waals surface area contributed by atoms with Crippen molar-refractivity contribution in [3.63, 3.8) is 0 Å². The van der Waals surface area contributed by atoms with E-state index >= 15 is 0 Å². The maximum Gasteiger partial charge on any atom is 0.0480 e. The summed E-state index contributed by atoms with van der Waals surface area (Å²) in [6.45, 7) is 6.64. The molecule has 1 heterocycles. The lowest BCUT2D eigenvalue weighted by Crippen LogP contribution is -1.88. The molecule has 1 heteroatoms. The number of fused-ring (bicyclic) bond motifs is 1. The van der Waals surface area contributed by atoms with Crippen molar-refractivity contribution in [2.24, 2.45) is 7.05 Å². The van der Waals surface area contributed by atoms with Crippen LogP contribution in [0.3, 0.4) is 0 Å². The summed E-state index contributed by atoms with van der Waals surface area (Å²) in [4.78, 5) is 0. The lowest BCUT2D eigenvalue weighted by molar-refractivity contribution is 0.868. The number of aromatic nitrogens is 1. The van der Waals surface area contributed by atoms with Crippen molar-refractivity contribution in [2.45, 2.75) is 26.7 Å². The summed E-state index contributed by atoms with van der Waals surface area (Å²) in [6, 6.07) is 6.76. The number of hydrogen-bond donors (Lipinski definition) is 0. The van der Waals surface area contributed by atoms with Crippen LogP contribution in [-0.2, 0) is 7.05 Å². The molecule has 0 aliphatic carbocycles. The smallest absolute Gasteiger partial charge is 0.0480 e. The van der Waals surface area contributed by atoms with E-state index in [9.17, 15) is 0 Å². The van der Waals surface area contributed by atoms with Crippen molar-refractivity contribution in [1.82, 2.24) is 4.57 Å². The summed E-state index contributed by atoms with van der Waals surface area (Å²) < 4.78 is 2.19. The second-order valence-corrected chi connectivity index (χ2v) is 4.35. The van der Waals surface area contributed by atoms with Crippen LogP contribution in [0.15, 0.2) is 24.4 Å². The molecule has 1 aromatic carbocycles. The molecule has 1 nitrogen and oxygen atoms in total. The maximum atomic E-state index is 2.31. The third-order valence-corrected chi connectivity index (χ3v) is 2.88. The van der Waals surface area contributed by atoms with E-state index in [1.54, 1.807) is 0 Å².